The van der Waals surface area contributed by atoms with Crippen molar-refractivity contribution in [1.82, 2.24) is 16.0 Å². The molecule has 1 unspecified atom stereocenters. The van der Waals surface area contributed by atoms with Crippen LogP contribution in [-0.4, -0.2) is 38.8 Å². The van der Waals surface area contributed by atoms with Crippen LogP contribution in [-0.2, 0) is 0 Å². The molecule has 1 fully saturated rings. The number of hydrogen-bond acceptors (Lipinski definition) is 3. The van der Waals surface area contributed by atoms with Gasteiger partial charge in [-0.05, 0) is 5.92 Å². The van der Waals surface area contributed by atoms with Gasteiger partial charge in [0.1, 0.15) is 0 Å². The van der Waals surface area contributed by atoms with Crippen LogP contribution in [0.1, 0.15) is 13.8 Å². The highest BCUT2D eigenvalue weighted by Gasteiger charge is 2.12. The molecule has 0 aromatic rings. The third kappa shape index (κ3) is 3.52. The molecule has 1 aliphatic rings. The normalized spacial score (nSPS) is 27.8. The van der Waals surface area contributed by atoms with E-state index in [9.17, 15) is 0 Å². The molecule has 1 atom stereocenters. The lowest BCUT2D eigenvalue weighted by molar-refractivity contribution is 0.391. The Labute approximate surface area is 75.3 Å². The van der Waals surface area contributed by atoms with Gasteiger partial charge < -0.3 is 16.0 Å². The topological polar surface area (TPSA) is 36.1 Å². The Morgan fingerprint density at radius 2 is 1.67 bits per heavy atom. The quantitative estimate of drug-likeness (QED) is 0.511. The second kappa shape index (κ2) is 5.51. The minimum Gasteiger partial charge on any atom is -0.314 e. The Bertz CT molecular complexity index is 104. The Hall–Kier alpha value is -0.120. The van der Waals surface area contributed by atoms with Gasteiger partial charge in [-0.2, -0.15) is 0 Å². The summed E-state index contributed by atoms with van der Waals surface area (Å²) in [7, 11) is 0. The van der Waals surface area contributed by atoms with Crippen molar-refractivity contribution in [2.24, 2.45) is 5.92 Å². The summed E-state index contributed by atoms with van der Waals surface area (Å²) in [5.74, 6) is 0.718. The van der Waals surface area contributed by atoms with Gasteiger partial charge in [-0.25, -0.2) is 0 Å². The van der Waals surface area contributed by atoms with E-state index >= 15 is 0 Å². The maximum absolute atomic E-state index is 3.54. The van der Waals surface area contributed by atoms with E-state index < -0.39 is 0 Å². The summed E-state index contributed by atoms with van der Waals surface area (Å²) in [5.41, 5.74) is 0. The molecule has 3 N–H and O–H groups in total. The van der Waals surface area contributed by atoms with Gasteiger partial charge in [-0.3, -0.25) is 0 Å². The lowest BCUT2D eigenvalue weighted by Gasteiger charge is -2.21. The van der Waals surface area contributed by atoms with E-state index in [-0.39, 0.29) is 0 Å². The van der Waals surface area contributed by atoms with Gasteiger partial charge in [0.25, 0.3) is 0 Å². The zero-order valence-electron chi connectivity index (χ0n) is 8.19. The molecule has 0 radical (unpaired) electrons. The first-order valence-electron chi connectivity index (χ1n) is 4.95. The molecular weight excluding hydrogens is 150 g/mol. The van der Waals surface area contributed by atoms with Crippen LogP contribution in [0, 0.1) is 5.92 Å². The molecular formula is C9H21N3. The zero-order valence-corrected chi connectivity index (χ0v) is 8.19. The average molecular weight is 171 g/mol. The van der Waals surface area contributed by atoms with Crippen molar-refractivity contribution >= 4 is 0 Å². The van der Waals surface area contributed by atoms with Crippen LogP contribution >= 0.6 is 0 Å². The minimum absolute atomic E-state index is 0.630. The van der Waals surface area contributed by atoms with E-state index in [1.807, 2.05) is 0 Å². The fourth-order valence-electron chi connectivity index (χ4n) is 1.45. The number of rotatable bonds is 1. The van der Waals surface area contributed by atoms with Crippen molar-refractivity contribution in [2.75, 3.05) is 32.7 Å². The van der Waals surface area contributed by atoms with Gasteiger partial charge in [-0.1, -0.05) is 13.8 Å². The van der Waals surface area contributed by atoms with E-state index in [0.717, 1.165) is 38.6 Å². The van der Waals surface area contributed by atoms with Crippen LogP contribution in [0.5, 0.6) is 0 Å². The van der Waals surface area contributed by atoms with Crippen LogP contribution in [0.15, 0.2) is 0 Å². The Morgan fingerprint density at radius 1 is 1.00 bits per heavy atom. The first-order valence-corrected chi connectivity index (χ1v) is 4.95. The highest BCUT2D eigenvalue weighted by atomic mass is 15.0. The van der Waals surface area contributed by atoms with E-state index in [1.165, 1.54) is 0 Å². The van der Waals surface area contributed by atoms with Gasteiger partial charge in [0.2, 0.25) is 0 Å². The lowest BCUT2D eigenvalue weighted by Crippen LogP contribution is -2.42. The first kappa shape index (κ1) is 9.96. The summed E-state index contributed by atoms with van der Waals surface area (Å²) in [6, 6.07) is 0.630. The maximum Gasteiger partial charge on any atom is 0.0215 e. The van der Waals surface area contributed by atoms with Crippen LogP contribution in [0.3, 0.4) is 0 Å². The smallest absolute Gasteiger partial charge is 0.0215 e. The van der Waals surface area contributed by atoms with Crippen LogP contribution in [0.25, 0.3) is 0 Å². The summed E-state index contributed by atoms with van der Waals surface area (Å²) in [6.45, 7) is 9.99. The van der Waals surface area contributed by atoms with Crippen molar-refractivity contribution in [3.8, 4) is 0 Å². The molecule has 0 saturated carbocycles. The molecule has 3 heteroatoms. The molecule has 1 rings (SSSR count). The second-order valence-electron chi connectivity index (χ2n) is 3.76. The third-order valence-electron chi connectivity index (χ3n) is 2.36. The highest BCUT2D eigenvalue weighted by Crippen LogP contribution is 1.99. The molecule has 3 nitrogen and oxygen atoms in total. The fraction of sp³-hybridized carbons (Fsp3) is 1.00. The first-order chi connectivity index (χ1) is 5.80. The lowest BCUT2D eigenvalue weighted by atomic mass is 10.0. The monoisotopic (exact) mass is 171 g/mol. The van der Waals surface area contributed by atoms with Gasteiger partial charge in [-0.15, -0.1) is 0 Å². The molecule has 0 spiro atoms. The van der Waals surface area contributed by atoms with Gasteiger partial charge >= 0.3 is 0 Å². The Morgan fingerprint density at radius 3 is 2.42 bits per heavy atom. The van der Waals surface area contributed by atoms with Crippen LogP contribution in [0.4, 0.5) is 0 Å². The average Bonchev–Trinajstić information content (AvgIpc) is 2.15. The predicted molar refractivity (Wildman–Crippen MR) is 52.4 cm³/mol. The minimum atomic E-state index is 0.630. The zero-order chi connectivity index (χ0) is 8.81. The standard InChI is InChI=1S/C9H21N3/c1-8(2)9-7-11-4-3-10-5-6-12-9/h8-12H,3-7H2,1-2H3. The number of nitrogens with one attached hydrogen (secondary N) is 3. The van der Waals surface area contributed by atoms with E-state index in [4.69, 9.17) is 0 Å². The van der Waals surface area contributed by atoms with Gasteiger partial charge in [0, 0.05) is 38.8 Å². The van der Waals surface area contributed by atoms with Crippen molar-refractivity contribution in [3.63, 3.8) is 0 Å². The molecule has 1 saturated heterocycles. The summed E-state index contributed by atoms with van der Waals surface area (Å²) in [5, 5.41) is 10.3. The molecule has 1 heterocycles. The largest absolute Gasteiger partial charge is 0.314 e. The molecule has 0 aromatic carbocycles. The van der Waals surface area contributed by atoms with E-state index in [1.54, 1.807) is 0 Å². The van der Waals surface area contributed by atoms with Gasteiger partial charge in [0.15, 0.2) is 0 Å². The van der Waals surface area contributed by atoms with Crippen molar-refractivity contribution in [2.45, 2.75) is 19.9 Å². The predicted octanol–water partition coefficient (Wildman–Crippen LogP) is -0.207. The molecule has 0 bridgehead atoms. The molecule has 0 aromatic heterocycles. The SMILES string of the molecule is CC(C)C1CNCCNCCN1. The maximum atomic E-state index is 3.54. The summed E-state index contributed by atoms with van der Waals surface area (Å²) < 4.78 is 0. The van der Waals surface area contributed by atoms with Crippen LogP contribution < -0.4 is 16.0 Å². The molecule has 1 aliphatic heterocycles. The van der Waals surface area contributed by atoms with Crippen molar-refractivity contribution in [1.29, 1.82) is 0 Å². The summed E-state index contributed by atoms with van der Waals surface area (Å²) in [4.78, 5) is 0. The van der Waals surface area contributed by atoms with Gasteiger partial charge in [0.05, 0.1) is 0 Å². The molecule has 0 aliphatic carbocycles. The molecule has 0 amide bonds. The van der Waals surface area contributed by atoms with E-state index in [2.05, 4.69) is 29.8 Å². The Kier molecular flexibility index (Phi) is 4.58. The summed E-state index contributed by atoms with van der Waals surface area (Å²) >= 11 is 0. The van der Waals surface area contributed by atoms with Crippen molar-refractivity contribution < 1.29 is 0 Å². The Balaban J connectivity index is 2.28. The van der Waals surface area contributed by atoms with Crippen LogP contribution in [0.2, 0.25) is 0 Å². The van der Waals surface area contributed by atoms with E-state index in [0.29, 0.717) is 6.04 Å². The third-order valence-corrected chi connectivity index (χ3v) is 2.36. The highest BCUT2D eigenvalue weighted by molar-refractivity contribution is 4.75. The molecule has 12 heavy (non-hydrogen) atoms. The fourth-order valence-corrected chi connectivity index (χ4v) is 1.45. The van der Waals surface area contributed by atoms with Crippen molar-refractivity contribution in [3.05, 3.63) is 0 Å². The molecule has 72 valence electrons. The summed E-state index contributed by atoms with van der Waals surface area (Å²) in [6.07, 6.45) is 0. The second-order valence-corrected chi connectivity index (χ2v) is 3.76. The number of hydrogen-bond donors (Lipinski definition) is 3.